The molecule has 1 N–H and O–H groups in total. The zero-order valence-electron chi connectivity index (χ0n) is 12.1. The van der Waals surface area contributed by atoms with Gasteiger partial charge in [0.05, 0.1) is 27.9 Å². The van der Waals surface area contributed by atoms with Crippen LogP contribution >= 0.6 is 23.2 Å². The number of anilines is 1. The average Bonchev–Trinajstić information content (AvgIpc) is 2.45. The smallest absolute Gasteiger partial charge is 0.341 e. The molecule has 0 saturated carbocycles. The van der Waals surface area contributed by atoms with Crippen LogP contribution in [0, 0.1) is 6.92 Å². The number of nitrogens with one attached hydrogen (secondary N) is 1. The van der Waals surface area contributed by atoms with E-state index in [0.717, 1.165) is 5.56 Å². The Balaban J connectivity index is 2.81. The van der Waals surface area contributed by atoms with Crippen molar-refractivity contribution < 1.29 is 9.53 Å². The van der Waals surface area contributed by atoms with Crippen LogP contribution in [0.25, 0.3) is 10.9 Å². The molecule has 0 fully saturated rings. The molecule has 112 valence electrons. The number of carbonyl (C=O) groups excluding carboxylic acids is 1. The monoisotopic (exact) mass is 326 g/mol. The number of benzene rings is 1. The number of nitrogens with zero attached hydrogens (tertiary/aromatic N) is 1. The van der Waals surface area contributed by atoms with E-state index in [2.05, 4.69) is 10.3 Å². The lowest BCUT2D eigenvalue weighted by Gasteiger charge is -2.15. The van der Waals surface area contributed by atoms with Crippen LogP contribution in [-0.2, 0) is 4.74 Å². The van der Waals surface area contributed by atoms with Gasteiger partial charge in [-0.15, -0.1) is 0 Å². The molecule has 1 aromatic carbocycles. The molecule has 0 aliphatic carbocycles. The maximum Gasteiger partial charge on any atom is 0.341 e. The highest BCUT2D eigenvalue weighted by Gasteiger charge is 2.20. The van der Waals surface area contributed by atoms with Crippen LogP contribution < -0.4 is 5.32 Å². The number of pyridine rings is 1. The molecule has 21 heavy (non-hydrogen) atoms. The van der Waals surface area contributed by atoms with E-state index < -0.39 is 5.97 Å². The number of carbonyl (C=O) groups is 1. The normalized spacial score (nSPS) is 10.7. The van der Waals surface area contributed by atoms with Crippen molar-refractivity contribution in [3.05, 3.63) is 33.4 Å². The maximum atomic E-state index is 12.1. The van der Waals surface area contributed by atoms with Crippen LogP contribution in [0.1, 0.15) is 29.8 Å². The Hall–Kier alpha value is -1.52. The molecule has 4 nitrogen and oxygen atoms in total. The Morgan fingerprint density at radius 1 is 1.38 bits per heavy atom. The summed E-state index contributed by atoms with van der Waals surface area (Å²) in [6.07, 6.45) is 1.47. The molecule has 0 radical (unpaired) electrons. The van der Waals surface area contributed by atoms with Crippen LogP contribution in [0.2, 0.25) is 10.0 Å². The molecule has 0 saturated heterocycles. The zero-order valence-corrected chi connectivity index (χ0v) is 13.6. The molecule has 0 unspecified atom stereocenters. The number of halogens is 2. The van der Waals surface area contributed by atoms with E-state index in [-0.39, 0.29) is 0 Å². The Morgan fingerprint density at radius 2 is 2.10 bits per heavy atom. The number of ether oxygens (including phenoxy) is 1. The van der Waals surface area contributed by atoms with Crippen LogP contribution in [0.15, 0.2) is 12.3 Å². The second kappa shape index (κ2) is 6.50. The van der Waals surface area contributed by atoms with Gasteiger partial charge in [0.2, 0.25) is 0 Å². The molecule has 0 spiro atoms. The van der Waals surface area contributed by atoms with Gasteiger partial charge in [-0.3, -0.25) is 4.98 Å². The summed E-state index contributed by atoms with van der Waals surface area (Å²) in [4.78, 5) is 16.4. The van der Waals surface area contributed by atoms with E-state index >= 15 is 0 Å². The van der Waals surface area contributed by atoms with Gasteiger partial charge in [0.1, 0.15) is 5.56 Å². The van der Waals surface area contributed by atoms with Gasteiger partial charge in [-0.05, 0) is 32.4 Å². The fraction of sp³-hybridized carbons (Fsp3) is 0.333. The third kappa shape index (κ3) is 2.92. The largest absolute Gasteiger partial charge is 0.462 e. The number of hydrogen-bond donors (Lipinski definition) is 1. The molecular weight excluding hydrogens is 311 g/mol. The summed E-state index contributed by atoms with van der Waals surface area (Å²) in [5.74, 6) is -0.434. The lowest BCUT2D eigenvalue weighted by molar-refractivity contribution is 0.0527. The van der Waals surface area contributed by atoms with Crippen LogP contribution in [-0.4, -0.2) is 24.1 Å². The lowest BCUT2D eigenvalue weighted by atomic mass is 10.1. The average molecular weight is 327 g/mol. The quantitative estimate of drug-likeness (QED) is 0.843. The second-order valence-electron chi connectivity index (χ2n) is 4.51. The molecule has 0 bridgehead atoms. The Morgan fingerprint density at radius 3 is 2.71 bits per heavy atom. The zero-order chi connectivity index (χ0) is 15.6. The van der Waals surface area contributed by atoms with Crippen molar-refractivity contribution in [2.75, 3.05) is 18.5 Å². The standard InChI is InChI=1S/C15H16Cl2N2O2/c1-4-18-13-9(15(20)21-5-2)7-19-14-10(16)6-8(3)12(17)11(13)14/h6-7H,4-5H2,1-3H3,(H,18,19). The number of hydrogen-bond acceptors (Lipinski definition) is 4. The van der Waals surface area contributed by atoms with E-state index in [1.165, 1.54) is 6.20 Å². The van der Waals surface area contributed by atoms with Gasteiger partial charge >= 0.3 is 5.97 Å². The SMILES string of the molecule is CCNc1c(C(=O)OCC)cnc2c(Cl)cc(C)c(Cl)c12. The van der Waals surface area contributed by atoms with Gasteiger partial charge in [0, 0.05) is 18.1 Å². The first-order chi connectivity index (χ1) is 10.0. The van der Waals surface area contributed by atoms with Crippen molar-refractivity contribution in [1.82, 2.24) is 4.98 Å². The minimum absolute atomic E-state index is 0.296. The predicted molar refractivity (Wildman–Crippen MR) is 86.6 cm³/mol. The van der Waals surface area contributed by atoms with Gasteiger partial charge in [-0.25, -0.2) is 4.79 Å². The molecule has 2 rings (SSSR count). The Labute approximate surface area is 133 Å². The summed E-state index contributed by atoms with van der Waals surface area (Å²) in [6, 6.07) is 1.76. The van der Waals surface area contributed by atoms with Gasteiger partial charge in [0.25, 0.3) is 0 Å². The molecule has 1 heterocycles. The molecule has 1 aromatic heterocycles. The van der Waals surface area contributed by atoms with Gasteiger partial charge in [-0.1, -0.05) is 23.2 Å². The van der Waals surface area contributed by atoms with E-state index in [1.54, 1.807) is 13.0 Å². The van der Waals surface area contributed by atoms with Crippen molar-refractivity contribution >= 4 is 45.8 Å². The molecule has 0 aliphatic heterocycles. The van der Waals surface area contributed by atoms with Crippen LogP contribution in [0.5, 0.6) is 0 Å². The Bertz CT molecular complexity index is 702. The summed E-state index contributed by atoms with van der Waals surface area (Å²) >= 11 is 12.6. The first kappa shape index (κ1) is 15.9. The maximum absolute atomic E-state index is 12.1. The van der Waals surface area contributed by atoms with Gasteiger partial charge in [-0.2, -0.15) is 0 Å². The predicted octanol–water partition coefficient (Wildman–Crippen LogP) is 4.46. The van der Waals surface area contributed by atoms with Crippen molar-refractivity contribution in [2.45, 2.75) is 20.8 Å². The van der Waals surface area contributed by atoms with E-state index in [1.807, 2.05) is 13.8 Å². The fourth-order valence-corrected chi connectivity index (χ4v) is 2.69. The van der Waals surface area contributed by atoms with Crippen molar-refractivity contribution in [3.63, 3.8) is 0 Å². The van der Waals surface area contributed by atoms with Crippen molar-refractivity contribution in [2.24, 2.45) is 0 Å². The Kier molecular flexibility index (Phi) is 4.91. The number of fused-ring (bicyclic) bond motifs is 1. The lowest BCUT2D eigenvalue weighted by Crippen LogP contribution is -2.11. The highest BCUT2D eigenvalue weighted by atomic mass is 35.5. The topological polar surface area (TPSA) is 51.2 Å². The molecule has 0 atom stereocenters. The van der Waals surface area contributed by atoms with Crippen molar-refractivity contribution in [1.29, 1.82) is 0 Å². The minimum Gasteiger partial charge on any atom is -0.462 e. The van der Waals surface area contributed by atoms with E-state index in [9.17, 15) is 4.79 Å². The van der Waals surface area contributed by atoms with Crippen LogP contribution in [0.3, 0.4) is 0 Å². The molecule has 0 aliphatic rings. The summed E-state index contributed by atoms with van der Waals surface area (Å²) in [5, 5.41) is 4.85. The summed E-state index contributed by atoms with van der Waals surface area (Å²) in [7, 11) is 0. The van der Waals surface area contributed by atoms with Gasteiger partial charge < -0.3 is 10.1 Å². The number of rotatable bonds is 4. The molecule has 6 heteroatoms. The molecular formula is C15H16Cl2N2O2. The second-order valence-corrected chi connectivity index (χ2v) is 5.30. The summed E-state index contributed by atoms with van der Waals surface area (Å²) in [6.45, 7) is 6.48. The minimum atomic E-state index is -0.434. The van der Waals surface area contributed by atoms with Gasteiger partial charge in [0.15, 0.2) is 0 Å². The third-order valence-electron chi connectivity index (χ3n) is 3.06. The highest BCUT2D eigenvalue weighted by Crippen LogP contribution is 2.38. The number of esters is 1. The first-order valence-electron chi connectivity index (χ1n) is 6.69. The molecule has 2 aromatic rings. The van der Waals surface area contributed by atoms with Crippen LogP contribution in [0.4, 0.5) is 5.69 Å². The van der Waals surface area contributed by atoms with E-state index in [4.69, 9.17) is 27.9 Å². The number of aromatic nitrogens is 1. The number of aryl methyl sites for hydroxylation is 1. The summed E-state index contributed by atoms with van der Waals surface area (Å²) < 4.78 is 5.07. The highest BCUT2D eigenvalue weighted by molar-refractivity contribution is 6.41. The third-order valence-corrected chi connectivity index (χ3v) is 3.84. The van der Waals surface area contributed by atoms with Crippen molar-refractivity contribution in [3.8, 4) is 0 Å². The fourth-order valence-electron chi connectivity index (χ4n) is 2.15. The first-order valence-corrected chi connectivity index (χ1v) is 7.45. The molecule has 0 amide bonds. The summed E-state index contributed by atoms with van der Waals surface area (Å²) in [5.41, 5.74) is 2.36. The van der Waals surface area contributed by atoms with E-state index in [0.29, 0.717) is 45.4 Å².